The Morgan fingerprint density at radius 2 is 1.89 bits per heavy atom. The Balaban J connectivity index is 2.38. The minimum absolute atomic E-state index is 0.284. The fourth-order valence-electron chi connectivity index (χ4n) is 1.38. The van der Waals surface area contributed by atoms with Crippen molar-refractivity contribution in [3.63, 3.8) is 0 Å². The third kappa shape index (κ3) is 2.82. The summed E-state index contributed by atoms with van der Waals surface area (Å²) in [5.74, 6) is 0.480. The van der Waals surface area contributed by atoms with Crippen LogP contribution in [-0.4, -0.2) is 9.97 Å². The molecule has 0 atom stereocenters. The minimum Gasteiger partial charge on any atom is -0.339 e. The maximum Gasteiger partial charge on any atom is 0.149 e. The molecule has 0 saturated heterocycles. The first-order valence-corrected chi connectivity index (χ1v) is 6.20. The first-order valence-electron chi connectivity index (χ1n) is 5.03. The highest BCUT2D eigenvalue weighted by Crippen LogP contribution is 2.29. The van der Waals surface area contributed by atoms with Gasteiger partial charge in [0.1, 0.15) is 29.4 Å². The van der Waals surface area contributed by atoms with E-state index in [0.29, 0.717) is 27.1 Å². The lowest BCUT2D eigenvalue weighted by Gasteiger charge is -2.08. The van der Waals surface area contributed by atoms with E-state index >= 15 is 0 Å². The fraction of sp³-hybridized carbons (Fsp3) is 0. The van der Waals surface area contributed by atoms with Crippen molar-refractivity contribution in [3.8, 4) is 12.1 Å². The van der Waals surface area contributed by atoms with Crippen LogP contribution in [0.15, 0.2) is 29.0 Å². The molecule has 92 valence electrons. The molecule has 0 aliphatic carbocycles. The molecular formula is C12H5BrClN5. The second-order valence-electron chi connectivity index (χ2n) is 3.44. The van der Waals surface area contributed by atoms with Gasteiger partial charge in [-0.05, 0) is 34.1 Å². The highest BCUT2D eigenvalue weighted by molar-refractivity contribution is 9.10. The summed E-state index contributed by atoms with van der Waals surface area (Å²) in [7, 11) is 0. The Labute approximate surface area is 122 Å². The van der Waals surface area contributed by atoms with Crippen LogP contribution in [0.3, 0.4) is 0 Å². The molecule has 0 aliphatic heterocycles. The normalized spacial score (nSPS) is 9.47. The molecule has 5 nitrogen and oxygen atoms in total. The van der Waals surface area contributed by atoms with Gasteiger partial charge >= 0.3 is 0 Å². The van der Waals surface area contributed by atoms with Crippen molar-refractivity contribution in [2.45, 2.75) is 0 Å². The van der Waals surface area contributed by atoms with Gasteiger partial charge in [0.25, 0.3) is 0 Å². The van der Waals surface area contributed by atoms with Crippen LogP contribution in [0.1, 0.15) is 11.1 Å². The predicted octanol–water partition coefficient (Wildman–Crippen LogP) is 3.38. The lowest BCUT2D eigenvalue weighted by Crippen LogP contribution is -1.97. The van der Waals surface area contributed by atoms with Crippen molar-refractivity contribution in [1.29, 1.82) is 10.5 Å². The minimum atomic E-state index is 0.284. The molecule has 0 fully saturated rings. The second kappa shape index (κ2) is 5.66. The molecule has 0 amide bonds. The molecule has 1 aromatic heterocycles. The Kier molecular flexibility index (Phi) is 3.96. The van der Waals surface area contributed by atoms with E-state index in [1.807, 2.05) is 12.1 Å². The van der Waals surface area contributed by atoms with E-state index in [1.165, 1.54) is 6.33 Å². The SMILES string of the molecule is N#Cc1ccc(Nc2ncnc(Cl)c2Br)cc1C#N. The highest BCUT2D eigenvalue weighted by Gasteiger charge is 2.08. The lowest BCUT2D eigenvalue weighted by atomic mass is 10.1. The summed E-state index contributed by atoms with van der Waals surface area (Å²) in [5.41, 5.74) is 1.25. The van der Waals surface area contributed by atoms with Crippen molar-refractivity contribution in [2.24, 2.45) is 0 Å². The Morgan fingerprint density at radius 3 is 2.58 bits per heavy atom. The highest BCUT2D eigenvalue weighted by atomic mass is 79.9. The average molecular weight is 335 g/mol. The monoisotopic (exact) mass is 333 g/mol. The van der Waals surface area contributed by atoms with Gasteiger partial charge in [-0.2, -0.15) is 10.5 Å². The fourth-order valence-corrected chi connectivity index (χ4v) is 1.82. The number of benzene rings is 1. The largest absolute Gasteiger partial charge is 0.339 e. The molecule has 2 aromatic rings. The number of hydrogen-bond donors (Lipinski definition) is 1. The van der Waals surface area contributed by atoms with E-state index in [1.54, 1.807) is 18.2 Å². The van der Waals surface area contributed by atoms with Gasteiger partial charge < -0.3 is 5.32 Å². The van der Waals surface area contributed by atoms with E-state index < -0.39 is 0 Å². The Morgan fingerprint density at radius 1 is 1.16 bits per heavy atom. The molecule has 2 rings (SSSR count). The number of rotatable bonds is 2. The molecule has 19 heavy (non-hydrogen) atoms. The van der Waals surface area contributed by atoms with Crippen LogP contribution in [0.5, 0.6) is 0 Å². The zero-order chi connectivity index (χ0) is 13.8. The first kappa shape index (κ1) is 13.3. The van der Waals surface area contributed by atoms with Gasteiger partial charge in [-0.15, -0.1) is 0 Å². The third-order valence-electron chi connectivity index (χ3n) is 2.27. The number of nitrogens with one attached hydrogen (secondary N) is 1. The van der Waals surface area contributed by atoms with E-state index in [4.69, 9.17) is 22.1 Å². The van der Waals surface area contributed by atoms with Crippen LogP contribution >= 0.6 is 27.5 Å². The summed E-state index contributed by atoms with van der Waals surface area (Å²) in [6.07, 6.45) is 1.32. The number of nitrogens with zero attached hydrogens (tertiary/aromatic N) is 4. The summed E-state index contributed by atoms with van der Waals surface area (Å²) in [5, 5.41) is 21.1. The van der Waals surface area contributed by atoms with Gasteiger partial charge in [0.2, 0.25) is 0 Å². The summed E-state index contributed by atoms with van der Waals surface area (Å²) in [6, 6.07) is 8.74. The van der Waals surface area contributed by atoms with E-state index in [-0.39, 0.29) is 5.15 Å². The standard InChI is InChI=1S/C12H5BrClN5/c13-10-11(14)17-6-18-12(10)19-9-2-1-7(4-15)8(3-9)5-16/h1-3,6H,(H,17,18,19). The maximum absolute atomic E-state index is 8.95. The third-order valence-corrected chi connectivity index (χ3v) is 3.54. The van der Waals surface area contributed by atoms with Gasteiger partial charge in [-0.3, -0.25) is 0 Å². The van der Waals surface area contributed by atoms with Gasteiger partial charge in [0.15, 0.2) is 0 Å². The van der Waals surface area contributed by atoms with Crippen LogP contribution in [-0.2, 0) is 0 Å². The van der Waals surface area contributed by atoms with Gasteiger partial charge in [-0.25, -0.2) is 9.97 Å². The van der Waals surface area contributed by atoms with Crippen molar-refractivity contribution in [1.82, 2.24) is 9.97 Å². The molecule has 1 aromatic carbocycles. The van der Waals surface area contributed by atoms with Crippen LogP contribution in [0.4, 0.5) is 11.5 Å². The topological polar surface area (TPSA) is 85.4 Å². The molecule has 7 heteroatoms. The summed E-state index contributed by atoms with van der Waals surface area (Å²) in [4.78, 5) is 7.85. The molecule has 1 N–H and O–H groups in total. The van der Waals surface area contributed by atoms with Crippen LogP contribution in [0.2, 0.25) is 5.15 Å². The first-order chi connectivity index (χ1) is 9.15. The number of aromatic nitrogens is 2. The van der Waals surface area contributed by atoms with Crippen molar-refractivity contribution >= 4 is 39.0 Å². The average Bonchev–Trinajstić information content (AvgIpc) is 2.43. The van der Waals surface area contributed by atoms with Crippen molar-refractivity contribution in [2.75, 3.05) is 5.32 Å². The quantitative estimate of drug-likeness (QED) is 0.851. The Hall–Kier alpha value is -2.15. The molecular weight excluding hydrogens is 330 g/mol. The zero-order valence-corrected chi connectivity index (χ0v) is 11.7. The summed E-state index contributed by atoms with van der Waals surface area (Å²) in [6.45, 7) is 0. The van der Waals surface area contributed by atoms with Crippen LogP contribution in [0, 0.1) is 22.7 Å². The molecule has 0 radical (unpaired) electrons. The van der Waals surface area contributed by atoms with Crippen LogP contribution in [0.25, 0.3) is 0 Å². The van der Waals surface area contributed by atoms with Gasteiger partial charge in [0.05, 0.1) is 15.6 Å². The van der Waals surface area contributed by atoms with E-state index in [2.05, 4.69) is 31.2 Å². The molecule has 0 bridgehead atoms. The van der Waals surface area contributed by atoms with Crippen LogP contribution < -0.4 is 5.32 Å². The summed E-state index contributed by atoms with van der Waals surface area (Å²) < 4.78 is 0.527. The van der Waals surface area contributed by atoms with E-state index in [9.17, 15) is 0 Å². The van der Waals surface area contributed by atoms with E-state index in [0.717, 1.165) is 0 Å². The lowest BCUT2D eigenvalue weighted by molar-refractivity contribution is 1.15. The van der Waals surface area contributed by atoms with Crippen molar-refractivity contribution < 1.29 is 0 Å². The Bertz CT molecular complexity index is 717. The molecule has 0 aliphatic rings. The van der Waals surface area contributed by atoms with Gasteiger partial charge in [0, 0.05) is 5.69 Å². The molecule has 0 unspecified atom stereocenters. The number of hydrogen-bond acceptors (Lipinski definition) is 5. The van der Waals surface area contributed by atoms with Gasteiger partial charge in [-0.1, -0.05) is 11.6 Å². The second-order valence-corrected chi connectivity index (χ2v) is 4.59. The predicted molar refractivity (Wildman–Crippen MR) is 73.9 cm³/mol. The molecule has 0 saturated carbocycles. The zero-order valence-electron chi connectivity index (χ0n) is 9.35. The maximum atomic E-state index is 8.95. The number of halogens is 2. The molecule has 0 spiro atoms. The van der Waals surface area contributed by atoms with Crippen molar-refractivity contribution in [3.05, 3.63) is 45.3 Å². The number of nitriles is 2. The number of anilines is 2. The molecule has 1 heterocycles. The summed E-state index contributed by atoms with van der Waals surface area (Å²) >= 11 is 9.12. The smallest absolute Gasteiger partial charge is 0.149 e.